The van der Waals surface area contributed by atoms with Crippen molar-refractivity contribution in [1.82, 2.24) is 14.5 Å². The van der Waals surface area contributed by atoms with Crippen molar-refractivity contribution >= 4 is 53.2 Å². The van der Waals surface area contributed by atoms with Crippen LogP contribution in [-0.2, 0) is 11.5 Å². The van der Waals surface area contributed by atoms with Gasteiger partial charge in [-0.25, -0.2) is 9.97 Å². The van der Waals surface area contributed by atoms with Crippen LogP contribution in [0.15, 0.2) is 30.6 Å². The predicted molar refractivity (Wildman–Crippen MR) is 120 cm³/mol. The fraction of sp³-hybridized carbons (Fsp3) is 0.316. The molecule has 0 amide bonds. The van der Waals surface area contributed by atoms with Gasteiger partial charge in [0.05, 0.1) is 26.4 Å². The van der Waals surface area contributed by atoms with Crippen LogP contribution in [0.3, 0.4) is 0 Å². The zero-order valence-corrected chi connectivity index (χ0v) is 19.4. The second-order valence-corrected chi connectivity index (χ2v) is 14.7. The first-order chi connectivity index (χ1) is 12.8. The van der Waals surface area contributed by atoms with Gasteiger partial charge in [-0.3, -0.25) is 0 Å². The van der Waals surface area contributed by atoms with E-state index in [9.17, 15) is 5.26 Å². The molecule has 0 unspecified atom stereocenters. The molecule has 0 N–H and O–H groups in total. The number of fused-ring (bicyclic) bond motifs is 1. The third kappa shape index (κ3) is 4.88. The smallest absolute Gasteiger partial charge is 0.222 e. The van der Waals surface area contributed by atoms with Crippen LogP contribution in [0.4, 0.5) is 0 Å². The highest BCUT2D eigenvalue weighted by Crippen LogP contribution is 2.33. The molecule has 0 fully saturated rings. The average Bonchev–Trinajstić information content (AvgIpc) is 2.97. The molecule has 0 aliphatic rings. The van der Waals surface area contributed by atoms with E-state index in [2.05, 4.69) is 58.3 Å². The first kappa shape index (κ1) is 20.3. The van der Waals surface area contributed by atoms with Crippen LogP contribution in [0, 0.1) is 14.9 Å². The van der Waals surface area contributed by atoms with Crippen LogP contribution in [0.25, 0.3) is 22.2 Å². The van der Waals surface area contributed by atoms with Crippen molar-refractivity contribution in [1.29, 1.82) is 5.26 Å². The molecule has 0 radical (unpaired) electrons. The van der Waals surface area contributed by atoms with Crippen LogP contribution < -0.4 is 0 Å². The molecular formula is C19H20ClIN4OSi. The van der Waals surface area contributed by atoms with Crippen LogP contribution in [0.2, 0.25) is 31.0 Å². The summed E-state index contributed by atoms with van der Waals surface area (Å²) < 4.78 is 8.88. The Morgan fingerprint density at radius 2 is 2.11 bits per heavy atom. The van der Waals surface area contributed by atoms with E-state index in [1.54, 1.807) is 6.20 Å². The zero-order chi connectivity index (χ0) is 19.6. The van der Waals surface area contributed by atoms with Crippen LogP contribution in [0.1, 0.15) is 5.56 Å². The Morgan fingerprint density at radius 1 is 1.33 bits per heavy atom. The predicted octanol–water partition coefficient (Wildman–Crippen LogP) is 5.54. The molecule has 2 heterocycles. The van der Waals surface area contributed by atoms with Gasteiger partial charge >= 0.3 is 0 Å². The first-order valence-corrected chi connectivity index (χ1v) is 13.7. The van der Waals surface area contributed by atoms with E-state index < -0.39 is 8.07 Å². The van der Waals surface area contributed by atoms with E-state index in [1.807, 2.05) is 29.0 Å². The third-order valence-electron chi connectivity index (χ3n) is 4.21. The molecule has 3 aromatic rings. The highest BCUT2D eigenvalue weighted by Gasteiger charge is 2.16. The molecule has 0 saturated heterocycles. The molecule has 8 heteroatoms. The summed E-state index contributed by atoms with van der Waals surface area (Å²) in [5.74, 6) is 0. The molecule has 3 rings (SSSR count). The second kappa shape index (κ2) is 8.27. The molecule has 0 bridgehead atoms. The van der Waals surface area contributed by atoms with E-state index in [0.29, 0.717) is 12.3 Å². The Hall–Kier alpha value is -1.47. The number of hydrogen-bond acceptors (Lipinski definition) is 4. The summed E-state index contributed by atoms with van der Waals surface area (Å²) in [4.78, 5) is 8.45. The van der Waals surface area contributed by atoms with Gasteiger partial charge in [-0.2, -0.15) is 5.26 Å². The van der Waals surface area contributed by atoms with Crippen molar-refractivity contribution in [2.24, 2.45) is 0 Å². The molecule has 0 saturated carbocycles. The monoisotopic (exact) mass is 510 g/mol. The lowest BCUT2D eigenvalue weighted by Gasteiger charge is -2.15. The fourth-order valence-electron chi connectivity index (χ4n) is 2.73. The van der Waals surface area contributed by atoms with Gasteiger partial charge in [0.1, 0.15) is 6.73 Å². The van der Waals surface area contributed by atoms with Crippen LogP contribution in [-0.4, -0.2) is 29.2 Å². The highest BCUT2D eigenvalue weighted by molar-refractivity contribution is 14.1. The Morgan fingerprint density at radius 3 is 2.81 bits per heavy atom. The van der Waals surface area contributed by atoms with Gasteiger partial charge in [0.25, 0.3) is 0 Å². The van der Waals surface area contributed by atoms with Gasteiger partial charge in [-0.05, 0) is 52.4 Å². The van der Waals surface area contributed by atoms with E-state index in [1.165, 1.54) is 0 Å². The van der Waals surface area contributed by atoms with Crippen molar-refractivity contribution in [2.45, 2.75) is 32.4 Å². The Balaban J connectivity index is 2.00. The third-order valence-corrected chi connectivity index (χ3v) is 6.88. The number of aromatic nitrogens is 3. The summed E-state index contributed by atoms with van der Waals surface area (Å²) in [6, 6.07) is 8.97. The van der Waals surface area contributed by atoms with Crippen molar-refractivity contribution in [2.75, 3.05) is 6.61 Å². The molecule has 5 nitrogen and oxygen atoms in total. The molecule has 0 spiro atoms. The minimum absolute atomic E-state index is 0.214. The number of benzene rings is 1. The number of ether oxygens (including phenoxy) is 1. The van der Waals surface area contributed by atoms with E-state index in [4.69, 9.17) is 16.3 Å². The maximum absolute atomic E-state index is 9.27. The molecule has 2 aromatic heterocycles. The average molecular weight is 511 g/mol. The number of halogens is 2. The summed E-state index contributed by atoms with van der Waals surface area (Å²) in [6.45, 7) is 8.17. The molecule has 0 atom stereocenters. The minimum atomic E-state index is -1.13. The quantitative estimate of drug-likeness (QED) is 0.189. The second-order valence-electron chi connectivity index (χ2n) is 7.54. The Labute approximate surface area is 178 Å². The molecule has 0 aliphatic carbocycles. The van der Waals surface area contributed by atoms with E-state index in [0.717, 1.165) is 38.4 Å². The van der Waals surface area contributed by atoms with E-state index >= 15 is 0 Å². The summed E-state index contributed by atoms with van der Waals surface area (Å²) in [7, 11) is -1.13. The lowest BCUT2D eigenvalue weighted by Crippen LogP contribution is -2.21. The topological polar surface area (TPSA) is 63.7 Å². The summed E-state index contributed by atoms with van der Waals surface area (Å²) in [5, 5.41) is 10.5. The lowest BCUT2D eigenvalue weighted by molar-refractivity contribution is 0.0903. The molecule has 140 valence electrons. The molecular weight excluding hydrogens is 491 g/mol. The van der Waals surface area contributed by atoms with Crippen LogP contribution in [0.5, 0.6) is 0 Å². The lowest BCUT2D eigenvalue weighted by atomic mass is 10.1. The highest BCUT2D eigenvalue weighted by atomic mass is 127. The summed E-state index contributed by atoms with van der Waals surface area (Å²) >= 11 is 8.23. The van der Waals surface area contributed by atoms with Crippen molar-refractivity contribution in [3.05, 3.63) is 45.0 Å². The maximum Gasteiger partial charge on any atom is 0.222 e. The zero-order valence-electron chi connectivity index (χ0n) is 15.5. The van der Waals surface area contributed by atoms with Gasteiger partial charge in [0.15, 0.2) is 0 Å². The molecule has 0 aliphatic heterocycles. The Bertz CT molecular complexity index is 1020. The normalized spacial score (nSPS) is 11.7. The number of rotatable bonds is 6. The number of hydrogen-bond donors (Lipinski definition) is 0. The molecule has 27 heavy (non-hydrogen) atoms. The Kier molecular flexibility index (Phi) is 6.20. The van der Waals surface area contributed by atoms with Gasteiger partial charge in [-0.15, -0.1) is 0 Å². The van der Waals surface area contributed by atoms with Gasteiger partial charge in [-0.1, -0.05) is 25.7 Å². The number of nitriles is 1. The van der Waals surface area contributed by atoms with E-state index in [-0.39, 0.29) is 5.28 Å². The summed E-state index contributed by atoms with van der Waals surface area (Å²) in [5.41, 5.74) is 3.30. The van der Waals surface area contributed by atoms with Gasteiger partial charge in [0, 0.05) is 38.0 Å². The molecule has 1 aromatic carbocycles. The van der Waals surface area contributed by atoms with Crippen molar-refractivity contribution < 1.29 is 4.74 Å². The SMILES string of the molecule is C[Si](C)(C)CCOCn1cc(-c2nc(Cl)ncc2I)c2ccc(C#N)cc21. The fourth-order valence-corrected chi connectivity index (χ4v) is 4.17. The minimum Gasteiger partial charge on any atom is -0.361 e. The van der Waals surface area contributed by atoms with Crippen molar-refractivity contribution in [3.63, 3.8) is 0 Å². The maximum atomic E-state index is 9.27. The van der Waals surface area contributed by atoms with Crippen LogP contribution >= 0.6 is 34.2 Å². The van der Waals surface area contributed by atoms with Gasteiger partial charge < -0.3 is 9.30 Å². The first-order valence-electron chi connectivity index (χ1n) is 8.57. The summed E-state index contributed by atoms with van der Waals surface area (Å²) in [6.07, 6.45) is 3.73. The standard InChI is InChI=1S/C19H20ClIN4OSi/c1-27(2,3)7-6-26-12-25-11-15(18-16(21)10-23-19(20)24-18)14-5-4-13(9-22)8-17(14)25/h4-5,8,10-11H,6-7,12H2,1-3H3. The number of nitrogens with zero attached hydrogens (tertiary/aromatic N) is 4. The van der Waals surface area contributed by atoms with Crippen molar-refractivity contribution in [3.8, 4) is 17.3 Å². The van der Waals surface area contributed by atoms with Gasteiger partial charge in [0.2, 0.25) is 5.28 Å². The largest absolute Gasteiger partial charge is 0.361 e.